The molecule has 1 amide bonds. The Morgan fingerprint density at radius 1 is 1.28 bits per heavy atom. The molecule has 1 heterocycles. The Hall–Kier alpha value is -1.39. The van der Waals surface area contributed by atoms with Gasteiger partial charge in [0.1, 0.15) is 0 Å². The van der Waals surface area contributed by atoms with Crippen LogP contribution in [0.3, 0.4) is 0 Å². The summed E-state index contributed by atoms with van der Waals surface area (Å²) in [4.78, 5) is 12.0. The molecule has 0 spiro atoms. The number of hydrogen-bond donors (Lipinski definition) is 2. The molecule has 1 aromatic carbocycles. The molecule has 0 bridgehead atoms. The minimum atomic E-state index is 0.0120. The Morgan fingerprint density at radius 2 is 2.06 bits per heavy atom. The van der Waals surface area contributed by atoms with Gasteiger partial charge in [0.2, 0.25) is 0 Å². The topological polar surface area (TPSA) is 41.1 Å². The van der Waals surface area contributed by atoms with Crippen LogP contribution in [0.5, 0.6) is 0 Å². The molecular formula is C14H18N2OS. The first-order valence-corrected chi connectivity index (χ1v) is 7.04. The van der Waals surface area contributed by atoms with Gasteiger partial charge in [-0.1, -0.05) is 32.0 Å². The number of carbonyl (C=O) groups is 1. The molecule has 0 saturated carbocycles. The van der Waals surface area contributed by atoms with E-state index in [0.29, 0.717) is 12.6 Å². The van der Waals surface area contributed by atoms with Gasteiger partial charge in [-0.2, -0.15) is 0 Å². The van der Waals surface area contributed by atoms with Crippen molar-refractivity contribution in [2.45, 2.75) is 19.9 Å². The van der Waals surface area contributed by atoms with Crippen LogP contribution in [-0.2, 0) is 0 Å². The number of hydrogen-bond acceptors (Lipinski definition) is 3. The molecule has 0 aliphatic heterocycles. The fourth-order valence-corrected chi connectivity index (χ4v) is 2.73. The highest BCUT2D eigenvalue weighted by atomic mass is 32.1. The fraction of sp³-hybridized carbons (Fsp3) is 0.357. The average molecular weight is 262 g/mol. The molecule has 0 radical (unpaired) electrons. The van der Waals surface area contributed by atoms with Gasteiger partial charge >= 0.3 is 0 Å². The van der Waals surface area contributed by atoms with Gasteiger partial charge in [-0.3, -0.25) is 4.79 Å². The Kier molecular flexibility index (Phi) is 4.33. The van der Waals surface area contributed by atoms with Gasteiger partial charge in [-0.25, -0.2) is 0 Å². The molecule has 0 unspecified atom stereocenters. The van der Waals surface area contributed by atoms with Crippen molar-refractivity contribution >= 4 is 27.3 Å². The first-order chi connectivity index (χ1) is 8.68. The second-order valence-corrected chi connectivity index (χ2v) is 5.42. The average Bonchev–Trinajstić information content (AvgIpc) is 2.78. The molecule has 0 aliphatic rings. The van der Waals surface area contributed by atoms with Crippen LogP contribution < -0.4 is 10.6 Å². The highest BCUT2D eigenvalue weighted by Crippen LogP contribution is 2.25. The van der Waals surface area contributed by atoms with Crippen molar-refractivity contribution in [3.05, 3.63) is 35.2 Å². The molecule has 0 aliphatic carbocycles. The second kappa shape index (κ2) is 5.98. The molecule has 18 heavy (non-hydrogen) atoms. The third kappa shape index (κ3) is 3.09. The normalized spacial score (nSPS) is 11.1. The molecule has 2 aromatic rings. The summed E-state index contributed by atoms with van der Waals surface area (Å²) in [7, 11) is 0. The number of fused-ring (bicyclic) bond motifs is 1. The number of thiophene rings is 1. The van der Waals surface area contributed by atoms with Gasteiger partial charge in [0.25, 0.3) is 5.91 Å². The van der Waals surface area contributed by atoms with Crippen molar-refractivity contribution in [2.75, 3.05) is 13.1 Å². The minimum absolute atomic E-state index is 0.0120. The lowest BCUT2D eigenvalue weighted by Crippen LogP contribution is -2.34. The third-order valence-electron chi connectivity index (χ3n) is 2.69. The maximum atomic E-state index is 12.0. The number of nitrogens with one attached hydrogen (secondary N) is 2. The molecule has 3 nitrogen and oxygen atoms in total. The third-order valence-corrected chi connectivity index (χ3v) is 3.65. The molecule has 96 valence electrons. The Morgan fingerprint density at radius 3 is 2.83 bits per heavy atom. The number of benzene rings is 1. The molecule has 1 aromatic heterocycles. The van der Waals surface area contributed by atoms with Crippen LogP contribution in [0.2, 0.25) is 0 Å². The van der Waals surface area contributed by atoms with Crippen LogP contribution in [0.4, 0.5) is 0 Å². The smallest absolute Gasteiger partial charge is 0.252 e. The summed E-state index contributed by atoms with van der Waals surface area (Å²) >= 11 is 1.61. The number of amides is 1. The van der Waals surface area contributed by atoms with E-state index < -0.39 is 0 Å². The van der Waals surface area contributed by atoms with E-state index in [2.05, 4.69) is 24.5 Å². The monoisotopic (exact) mass is 262 g/mol. The lowest BCUT2D eigenvalue weighted by Gasteiger charge is -2.08. The van der Waals surface area contributed by atoms with E-state index in [0.717, 1.165) is 22.2 Å². The number of rotatable bonds is 5. The van der Waals surface area contributed by atoms with Gasteiger partial charge in [0.15, 0.2) is 0 Å². The molecule has 0 fully saturated rings. The largest absolute Gasteiger partial charge is 0.351 e. The summed E-state index contributed by atoms with van der Waals surface area (Å²) in [6.07, 6.45) is 0. The molecular weight excluding hydrogens is 244 g/mol. The summed E-state index contributed by atoms with van der Waals surface area (Å²) in [5.41, 5.74) is 0.778. The number of carbonyl (C=O) groups excluding carboxylic acids is 1. The van der Waals surface area contributed by atoms with E-state index in [1.807, 2.05) is 29.6 Å². The maximum absolute atomic E-state index is 12.0. The van der Waals surface area contributed by atoms with Gasteiger partial charge < -0.3 is 10.6 Å². The second-order valence-electron chi connectivity index (χ2n) is 4.51. The zero-order valence-electron chi connectivity index (χ0n) is 10.7. The standard InChI is InChI=1S/C14H18N2OS/c1-10(2)15-7-8-16-14(17)12-9-18-13-6-4-3-5-11(12)13/h3-6,9-10,15H,7-8H2,1-2H3,(H,16,17). The molecule has 2 rings (SSSR count). The van der Waals surface area contributed by atoms with Gasteiger partial charge in [0, 0.05) is 34.6 Å². The molecule has 0 saturated heterocycles. The van der Waals surface area contributed by atoms with Crippen LogP contribution in [0, 0.1) is 0 Å². The summed E-state index contributed by atoms with van der Waals surface area (Å²) in [6.45, 7) is 5.63. The summed E-state index contributed by atoms with van der Waals surface area (Å²) in [5.74, 6) is 0.0120. The quantitative estimate of drug-likeness (QED) is 0.813. The zero-order chi connectivity index (χ0) is 13.0. The van der Waals surface area contributed by atoms with Crippen LogP contribution in [-0.4, -0.2) is 25.0 Å². The van der Waals surface area contributed by atoms with Crippen LogP contribution in [0.25, 0.3) is 10.1 Å². The maximum Gasteiger partial charge on any atom is 0.252 e. The van der Waals surface area contributed by atoms with Crippen molar-refractivity contribution in [1.82, 2.24) is 10.6 Å². The minimum Gasteiger partial charge on any atom is -0.351 e. The first-order valence-electron chi connectivity index (χ1n) is 6.16. The summed E-state index contributed by atoms with van der Waals surface area (Å²) < 4.78 is 1.16. The van der Waals surface area contributed by atoms with Crippen molar-refractivity contribution in [3.63, 3.8) is 0 Å². The SMILES string of the molecule is CC(C)NCCNC(=O)c1csc2ccccc12. The molecule has 4 heteroatoms. The summed E-state index contributed by atoms with van der Waals surface area (Å²) in [6, 6.07) is 8.44. The highest BCUT2D eigenvalue weighted by Gasteiger charge is 2.10. The Bertz CT molecular complexity index is 533. The van der Waals surface area contributed by atoms with Crippen LogP contribution >= 0.6 is 11.3 Å². The Balaban J connectivity index is 1.97. The van der Waals surface area contributed by atoms with E-state index in [1.54, 1.807) is 11.3 Å². The molecule has 0 atom stereocenters. The van der Waals surface area contributed by atoms with Gasteiger partial charge in [0.05, 0.1) is 5.56 Å². The van der Waals surface area contributed by atoms with Crippen molar-refractivity contribution in [3.8, 4) is 0 Å². The van der Waals surface area contributed by atoms with E-state index in [4.69, 9.17) is 0 Å². The Labute approximate surface area is 111 Å². The van der Waals surface area contributed by atoms with E-state index in [1.165, 1.54) is 0 Å². The van der Waals surface area contributed by atoms with Crippen molar-refractivity contribution in [1.29, 1.82) is 0 Å². The first kappa shape index (κ1) is 13.1. The van der Waals surface area contributed by atoms with E-state index in [-0.39, 0.29) is 5.91 Å². The van der Waals surface area contributed by atoms with Crippen LogP contribution in [0.15, 0.2) is 29.6 Å². The van der Waals surface area contributed by atoms with Crippen molar-refractivity contribution in [2.24, 2.45) is 0 Å². The molecule has 2 N–H and O–H groups in total. The lowest BCUT2D eigenvalue weighted by atomic mass is 10.1. The fourth-order valence-electron chi connectivity index (χ4n) is 1.79. The predicted molar refractivity (Wildman–Crippen MR) is 77.3 cm³/mol. The van der Waals surface area contributed by atoms with Crippen molar-refractivity contribution < 1.29 is 4.79 Å². The van der Waals surface area contributed by atoms with Gasteiger partial charge in [-0.15, -0.1) is 11.3 Å². The van der Waals surface area contributed by atoms with Gasteiger partial charge in [-0.05, 0) is 6.07 Å². The van der Waals surface area contributed by atoms with Crippen LogP contribution in [0.1, 0.15) is 24.2 Å². The highest BCUT2D eigenvalue weighted by molar-refractivity contribution is 7.17. The predicted octanol–water partition coefficient (Wildman–Crippen LogP) is 2.63. The summed E-state index contributed by atoms with van der Waals surface area (Å²) in [5, 5.41) is 9.17. The lowest BCUT2D eigenvalue weighted by molar-refractivity contribution is 0.0955. The zero-order valence-corrected chi connectivity index (χ0v) is 11.5. The van der Waals surface area contributed by atoms with E-state index in [9.17, 15) is 4.79 Å². The van der Waals surface area contributed by atoms with E-state index >= 15 is 0 Å².